The van der Waals surface area contributed by atoms with E-state index in [-0.39, 0.29) is 38.3 Å². The van der Waals surface area contributed by atoms with Crippen molar-refractivity contribution >= 4 is 39.3 Å². The molecule has 0 saturated carbocycles. The van der Waals surface area contributed by atoms with E-state index >= 15 is 0 Å². The molecule has 1 aromatic heterocycles. The molecule has 109 valence electrons. The molecule has 0 saturated heterocycles. The van der Waals surface area contributed by atoms with Crippen LogP contribution in [0, 0.1) is 6.07 Å². The van der Waals surface area contributed by atoms with Gasteiger partial charge in [0.05, 0.1) is 0 Å². The smallest absolute Gasteiger partial charge is 0.208 e. The van der Waals surface area contributed by atoms with Gasteiger partial charge in [-0.05, 0) is 27.9 Å². The molecule has 0 aliphatic carbocycles. The van der Waals surface area contributed by atoms with Gasteiger partial charge in [0.15, 0.2) is 0 Å². The Morgan fingerprint density at radius 3 is 2.81 bits per heavy atom. The maximum Gasteiger partial charge on any atom is 0.208 e. The first-order valence-electron chi connectivity index (χ1n) is 5.73. The first-order chi connectivity index (χ1) is 9.54. The van der Waals surface area contributed by atoms with E-state index in [0.29, 0.717) is 26.9 Å². The van der Waals surface area contributed by atoms with Crippen molar-refractivity contribution in [2.24, 2.45) is 7.05 Å². The Bertz CT molecular complexity index is 693. The van der Waals surface area contributed by atoms with Crippen LogP contribution in [0.2, 0.25) is 5.02 Å². The maximum atomic E-state index is 11.9. The first kappa shape index (κ1) is 19.2. The van der Waals surface area contributed by atoms with Gasteiger partial charge in [-0.3, -0.25) is 4.79 Å². The molecule has 1 aromatic carbocycles. The maximum absolute atomic E-state index is 11.9. The minimum Gasteiger partial charge on any atom is -0.483 e. The molecule has 3 nitrogen and oxygen atoms in total. The number of thioether (sulfide) groups is 1. The molecule has 2 aromatic rings. The van der Waals surface area contributed by atoms with Crippen molar-refractivity contribution < 1.29 is 37.4 Å². The number of halogens is 2. The van der Waals surface area contributed by atoms with Gasteiger partial charge in [0.25, 0.3) is 0 Å². The van der Waals surface area contributed by atoms with Gasteiger partial charge >= 0.3 is 0 Å². The van der Waals surface area contributed by atoms with Crippen molar-refractivity contribution in [3.8, 4) is 17.0 Å². The SMILES string of the molecule is CSCOc1ccc(-c2[c-]cc(Br)c(=O)n2C)c(Cl)c1.[Y]. The predicted octanol–water partition coefficient (Wildman–Crippen LogP) is 3.97. The zero-order chi connectivity index (χ0) is 14.7. The van der Waals surface area contributed by atoms with E-state index in [2.05, 4.69) is 22.0 Å². The molecule has 0 spiro atoms. The summed E-state index contributed by atoms with van der Waals surface area (Å²) in [5, 5.41) is 0.525. The summed E-state index contributed by atoms with van der Waals surface area (Å²) in [5.41, 5.74) is 1.26. The average molecular weight is 463 g/mol. The molecule has 0 N–H and O–H groups in total. The molecule has 0 aliphatic rings. The van der Waals surface area contributed by atoms with E-state index in [9.17, 15) is 4.79 Å². The van der Waals surface area contributed by atoms with Crippen LogP contribution in [0.25, 0.3) is 11.3 Å². The largest absolute Gasteiger partial charge is 0.483 e. The van der Waals surface area contributed by atoms with Gasteiger partial charge in [-0.1, -0.05) is 22.9 Å². The average Bonchev–Trinajstić information content (AvgIpc) is 2.44. The second kappa shape index (κ2) is 8.73. The summed E-state index contributed by atoms with van der Waals surface area (Å²) < 4.78 is 7.47. The van der Waals surface area contributed by atoms with Crippen LogP contribution in [-0.2, 0) is 39.8 Å². The summed E-state index contributed by atoms with van der Waals surface area (Å²) in [5.74, 6) is 1.27. The number of ether oxygens (including phenoxy) is 1. The van der Waals surface area contributed by atoms with Gasteiger partial charge in [-0.2, -0.15) is 12.1 Å². The van der Waals surface area contributed by atoms with Crippen molar-refractivity contribution in [2.75, 3.05) is 12.2 Å². The van der Waals surface area contributed by atoms with E-state index in [0.717, 1.165) is 5.56 Å². The van der Waals surface area contributed by atoms with Gasteiger partial charge in [0.2, 0.25) is 5.56 Å². The zero-order valence-corrected chi connectivity index (χ0v) is 17.5. The quantitative estimate of drug-likeness (QED) is 0.509. The van der Waals surface area contributed by atoms with Gasteiger partial charge in [0.1, 0.15) is 11.7 Å². The summed E-state index contributed by atoms with van der Waals surface area (Å²) >= 11 is 11.1. The van der Waals surface area contributed by atoms with Gasteiger partial charge in [-0.25, -0.2) is 0 Å². The van der Waals surface area contributed by atoms with Crippen LogP contribution in [0.3, 0.4) is 0 Å². The summed E-state index contributed by atoms with van der Waals surface area (Å²) in [4.78, 5) is 11.9. The van der Waals surface area contributed by atoms with E-state index in [1.165, 1.54) is 4.57 Å². The minimum atomic E-state index is -0.127. The van der Waals surface area contributed by atoms with Crippen LogP contribution in [-0.4, -0.2) is 16.8 Å². The van der Waals surface area contributed by atoms with Crippen molar-refractivity contribution in [3.63, 3.8) is 0 Å². The summed E-state index contributed by atoms with van der Waals surface area (Å²) in [6, 6.07) is 10.1. The van der Waals surface area contributed by atoms with Crippen molar-refractivity contribution in [2.45, 2.75) is 0 Å². The first-order valence-corrected chi connectivity index (χ1v) is 8.30. The third kappa shape index (κ3) is 4.58. The number of nitrogens with zero attached hydrogens (tertiary/aromatic N) is 1. The Morgan fingerprint density at radius 2 is 2.19 bits per heavy atom. The summed E-state index contributed by atoms with van der Waals surface area (Å²) in [7, 11) is 1.69. The fraction of sp³-hybridized carbons (Fsp3) is 0.214. The second-order valence-electron chi connectivity index (χ2n) is 4.04. The monoisotopic (exact) mass is 461 g/mol. The molecule has 7 heteroatoms. The fourth-order valence-electron chi connectivity index (χ4n) is 1.72. The summed E-state index contributed by atoms with van der Waals surface area (Å²) in [6.07, 6.45) is 1.96. The normalized spacial score (nSPS) is 10.1. The Morgan fingerprint density at radius 1 is 1.48 bits per heavy atom. The number of hydrogen-bond donors (Lipinski definition) is 0. The van der Waals surface area contributed by atoms with E-state index in [1.54, 1.807) is 30.9 Å². The summed E-state index contributed by atoms with van der Waals surface area (Å²) in [6.45, 7) is 0. The Hall–Kier alpha value is 0.194. The van der Waals surface area contributed by atoms with Crippen LogP contribution in [0.4, 0.5) is 0 Å². The van der Waals surface area contributed by atoms with Crippen LogP contribution in [0.1, 0.15) is 0 Å². The Kier molecular flexibility index (Phi) is 8.00. The third-order valence-electron chi connectivity index (χ3n) is 2.72. The fourth-order valence-corrected chi connectivity index (χ4v) is 2.61. The third-order valence-corrected chi connectivity index (χ3v) is 3.95. The molecule has 21 heavy (non-hydrogen) atoms. The number of benzene rings is 1. The van der Waals surface area contributed by atoms with E-state index < -0.39 is 0 Å². The molecular weight excluding hydrogens is 450 g/mol. The molecule has 0 unspecified atom stereocenters. The number of rotatable bonds is 4. The van der Waals surface area contributed by atoms with Crippen LogP contribution in [0.5, 0.6) is 5.75 Å². The van der Waals surface area contributed by atoms with Crippen LogP contribution < -0.4 is 10.3 Å². The number of pyridine rings is 1. The molecule has 0 fully saturated rings. The molecule has 0 atom stereocenters. The molecule has 1 heterocycles. The van der Waals surface area contributed by atoms with E-state index in [4.69, 9.17) is 16.3 Å². The molecule has 0 aliphatic heterocycles. The van der Waals surface area contributed by atoms with Crippen molar-refractivity contribution in [1.29, 1.82) is 0 Å². The molecule has 0 amide bonds. The predicted molar refractivity (Wildman–Crippen MR) is 87.7 cm³/mol. The van der Waals surface area contributed by atoms with Crippen molar-refractivity contribution in [1.82, 2.24) is 4.57 Å². The molecule has 2 rings (SSSR count). The second-order valence-corrected chi connectivity index (χ2v) is 6.12. The van der Waals surface area contributed by atoms with Gasteiger partial charge < -0.3 is 9.30 Å². The molecule has 1 radical (unpaired) electrons. The van der Waals surface area contributed by atoms with Crippen LogP contribution in [0.15, 0.2) is 33.5 Å². The van der Waals surface area contributed by atoms with Gasteiger partial charge in [-0.15, -0.1) is 33.8 Å². The Balaban J connectivity index is 0.00000220. The van der Waals surface area contributed by atoms with Crippen LogP contribution >= 0.6 is 39.3 Å². The number of hydrogen-bond acceptors (Lipinski definition) is 3. The number of aromatic nitrogens is 1. The molecular formula is C14H12BrClNO2SY-. The van der Waals surface area contributed by atoms with E-state index in [1.807, 2.05) is 18.4 Å². The Labute approximate surface area is 166 Å². The zero-order valence-electron chi connectivity index (χ0n) is 11.5. The topological polar surface area (TPSA) is 31.2 Å². The standard InChI is InChI=1S/C14H12BrClNO2S.Y/c1-17-13(6-5-11(15)14(17)18)10-4-3-9(7-12(10)16)19-8-20-2;/h3-5,7H,8H2,1-2H3;/q-1;. The molecule has 0 bridgehead atoms. The minimum absolute atomic E-state index is 0. The van der Waals surface area contributed by atoms with Gasteiger partial charge in [0, 0.05) is 39.8 Å². The van der Waals surface area contributed by atoms with Crippen molar-refractivity contribution in [3.05, 3.63) is 50.2 Å².